The van der Waals surface area contributed by atoms with Gasteiger partial charge in [-0.3, -0.25) is 4.79 Å². The van der Waals surface area contributed by atoms with Crippen molar-refractivity contribution in [1.82, 2.24) is 25.8 Å². The van der Waals surface area contributed by atoms with Crippen LogP contribution in [0.3, 0.4) is 0 Å². The van der Waals surface area contributed by atoms with Crippen LogP contribution in [0.5, 0.6) is 11.5 Å². The summed E-state index contributed by atoms with van der Waals surface area (Å²) in [5, 5.41) is 8.59. The topological polar surface area (TPSA) is 288 Å². The number of carbonyl (C=O) groups is 8. The average Bonchev–Trinajstić information content (AvgIpc) is 0.938. The number of nitrogens with zero attached hydrogens (tertiary/aromatic N) is 2. The SMILES string of the molecule is C=C(C(C)=O)N(C(=O)OC(C)(C)C)C(=O)OC(C)(C)C.COC(=O)C(CNCCOc1ccc(CCCCNC(=O)OCc2ccccc2)cc1)N(C(=O)OC(C)(C)C)C(=O)OC(C)(C)C.Cl.NCCOc1ccc(CCCCNC(=O)OCc2ccccc2)cc1. The van der Waals surface area contributed by atoms with Gasteiger partial charge in [0.05, 0.1) is 12.8 Å². The van der Waals surface area contributed by atoms with E-state index in [-0.39, 0.29) is 44.0 Å². The van der Waals surface area contributed by atoms with Gasteiger partial charge in [-0.25, -0.2) is 33.6 Å². The van der Waals surface area contributed by atoms with E-state index < -0.39 is 70.7 Å². The molecule has 6 amide bonds. The summed E-state index contributed by atoms with van der Waals surface area (Å²) < 4.78 is 47.4. The molecule has 0 spiro atoms. The Morgan fingerprint density at radius 1 is 0.500 bits per heavy atom. The first-order valence-corrected chi connectivity index (χ1v) is 30.2. The number of aryl methyl sites for hydroxylation is 2. The number of allylic oxidation sites excluding steroid dienone is 1. The second-order valence-corrected chi connectivity index (χ2v) is 24.5. The number of methoxy groups -OCH3 is 1. The number of unbranched alkanes of at least 4 members (excludes halogenated alkanes) is 2. The Balaban J connectivity index is 0.000000770. The fourth-order valence-corrected chi connectivity index (χ4v) is 7.43. The number of nitrogens with two attached hydrogens (primary N) is 1. The molecule has 1 unspecified atom stereocenters. The molecule has 0 saturated carbocycles. The summed E-state index contributed by atoms with van der Waals surface area (Å²) in [7, 11) is 1.17. The lowest BCUT2D eigenvalue weighted by molar-refractivity contribution is -0.146. The van der Waals surface area contributed by atoms with Crippen molar-refractivity contribution in [3.05, 3.63) is 144 Å². The van der Waals surface area contributed by atoms with E-state index in [0.717, 1.165) is 61.0 Å². The van der Waals surface area contributed by atoms with Crippen molar-refractivity contribution in [2.45, 2.75) is 170 Å². The quantitative estimate of drug-likeness (QED) is 0.0187. The first-order valence-electron chi connectivity index (χ1n) is 30.2. The molecule has 0 saturated heterocycles. The highest BCUT2D eigenvalue weighted by Gasteiger charge is 2.41. The van der Waals surface area contributed by atoms with Crippen molar-refractivity contribution in [3.8, 4) is 11.5 Å². The normalized spacial score (nSPS) is 11.3. The molecule has 0 aliphatic rings. The zero-order valence-electron chi connectivity index (χ0n) is 56.1. The molecule has 0 aromatic heterocycles. The van der Waals surface area contributed by atoms with Crippen molar-refractivity contribution >= 4 is 60.7 Å². The molecule has 0 fully saturated rings. The third-order valence-electron chi connectivity index (χ3n) is 11.7. The van der Waals surface area contributed by atoms with Crippen LogP contribution in [0, 0.1) is 0 Å². The Morgan fingerprint density at radius 2 is 0.870 bits per heavy atom. The number of benzene rings is 4. The van der Waals surface area contributed by atoms with Crippen LogP contribution in [0.2, 0.25) is 0 Å². The molecule has 5 N–H and O–H groups in total. The molecule has 0 radical (unpaired) electrons. The van der Waals surface area contributed by atoms with Gasteiger partial charge in [0.15, 0.2) is 11.8 Å². The third kappa shape index (κ3) is 37.1. The van der Waals surface area contributed by atoms with Gasteiger partial charge in [-0.05, 0) is 168 Å². The average molecular weight is 1310 g/mol. The van der Waals surface area contributed by atoms with Gasteiger partial charge >= 0.3 is 42.5 Å². The molecule has 0 bridgehead atoms. The lowest BCUT2D eigenvalue weighted by Crippen LogP contribution is -2.55. The van der Waals surface area contributed by atoms with Crippen LogP contribution in [-0.2, 0) is 68.8 Å². The van der Waals surface area contributed by atoms with E-state index >= 15 is 0 Å². The van der Waals surface area contributed by atoms with E-state index in [1.165, 1.54) is 19.6 Å². The monoisotopic (exact) mass is 1310 g/mol. The van der Waals surface area contributed by atoms with Crippen molar-refractivity contribution in [3.63, 3.8) is 0 Å². The number of nitrogens with one attached hydrogen (secondary N) is 3. The summed E-state index contributed by atoms with van der Waals surface area (Å²) in [6, 6.07) is 33.6. The fourth-order valence-electron chi connectivity index (χ4n) is 7.43. The number of ketones is 1. The van der Waals surface area contributed by atoms with E-state index in [4.69, 9.17) is 48.4 Å². The summed E-state index contributed by atoms with van der Waals surface area (Å²) in [5.74, 6) is 0.181. The smallest absolute Gasteiger partial charge is 0.424 e. The largest absolute Gasteiger partial charge is 0.492 e. The maximum atomic E-state index is 13.0. The maximum Gasteiger partial charge on any atom is 0.424 e. The zero-order valence-corrected chi connectivity index (χ0v) is 56.9. The maximum absolute atomic E-state index is 13.0. The molecular weight excluding hydrogens is 1210 g/mol. The van der Waals surface area contributed by atoms with Gasteiger partial charge in [0.2, 0.25) is 0 Å². The van der Waals surface area contributed by atoms with E-state index in [2.05, 4.69) is 34.7 Å². The molecular formula is C68H99ClN6O17. The Bertz CT molecular complexity index is 2810. The lowest BCUT2D eigenvalue weighted by Gasteiger charge is -2.32. The predicted molar refractivity (Wildman–Crippen MR) is 352 cm³/mol. The van der Waals surface area contributed by atoms with Gasteiger partial charge in [0, 0.05) is 39.6 Å². The highest BCUT2D eigenvalue weighted by Crippen LogP contribution is 2.21. The van der Waals surface area contributed by atoms with Crippen LogP contribution in [0.1, 0.15) is 138 Å². The van der Waals surface area contributed by atoms with E-state index in [1.807, 2.05) is 97.1 Å². The molecule has 4 aromatic carbocycles. The molecule has 4 aromatic rings. The second kappa shape index (κ2) is 41.9. The Labute approximate surface area is 549 Å². The number of carbonyl (C=O) groups excluding carboxylic acids is 8. The summed E-state index contributed by atoms with van der Waals surface area (Å²) in [4.78, 5) is 98.6. The molecule has 1 atom stereocenters. The Kier molecular flexibility index (Phi) is 37.1. The minimum atomic E-state index is -1.33. The highest BCUT2D eigenvalue weighted by atomic mass is 35.5. The number of amides is 6. The number of alkyl carbamates (subject to hydrolysis) is 2. The predicted octanol–water partition coefficient (Wildman–Crippen LogP) is 12.6. The minimum Gasteiger partial charge on any atom is -0.492 e. The van der Waals surface area contributed by atoms with Crippen molar-refractivity contribution in [1.29, 1.82) is 0 Å². The van der Waals surface area contributed by atoms with E-state index in [0.29, 0.717) is 54.9 Å². The molecule has 92 heavy (non-hydrogen) atoms. The lowest BCUT2D eigenvalue weighted by atomic mass is 10.1. The molecule has 0 aliphatic carbocycles. The number of imide groups is 2. The second-order valence-electron chi connectivity index (χ2n) is 24.5. The van der Waals surface area contributed by atoms with Crippen LogP contribution < -0.4 is 31.2 Å². The summed E-state index contributed by atoms with van der Waals surface area (Å²) >= 11 is 0. The van der Waals surface area contributed by atoms with Crippen molar-refractivity contribution in [2.24, 2.45) is 5.73 Å². The molecule has 510 valence electrons. The Morgan fingerprint density at radius 3 is 1.22 bits per heavy atom. The van der Waals surface area contributed by atoms with Crippen molar-refractivity contribution < 1.29 is 81.0 Å². The summed E-state index contributed by atoms with van der Waals surface area (Å²) in [5.41, 5.74) is 5.98. The van der Waals surface area contributed by atoms with Gasteiger partial charge in [0.25, 0.3) is 0 Å². The standard InChI is InChI=1S/C34H49N3O9.C20H26N2O3.C14H23NO5.ClH/c1-33(2,3)45-31(40)37(32(41)46-34(4,5)6)28(29(38)42-7)23-35-21-22-43-27-18-16-25(17-19-27)13-11-12-20-36-30(39)44-24-26-14-9-8-10-15-26;21-13-15-24-19-11-9-17(10-12-19)6-4-5-14-22-20(23)25-16-18-7-2-1-3-8-18;1-9(10(2)16)15(11(17)19-13(3,4)5)12(18)20-14(6,7)8;/h8-10,14-19,28,35H,11-13,20-24H2,1-7H3,(H,36,39);1-3,7-12H,4-6,13-16,21H2,(H,22,23);1H2,2-8H3;1H. The molecule has 0 heterocycles. The Hall–Kier alpha value is -8.41. The van der Waals surface area contributed by atoms with Crippen LogP contribution in [-0.4, -0.2) is 140 Å². The summed E-state index contributed by atoms with van der Waals surface area (Å²) in [6.45, 7) is 27.6. The molecule has 4 rings (SSSR count). The third-order valence-corrected chi connectivity index (χ3v) is 11.7. The number of Topliss-reactive ketones (excluding diaryl/α,β-unsaturated/α-hetero) is 1. The molecule has 23 nitrogen and oxygen atoms in total. The number of esters is 1. The van der Waals surface area contributed by atoms with E-state index in [9.17, 15) is 38.4 Å². The van der Waals surface area contributed by atoms with Crippen LogP contribution >= 0.6 is 12.4 Å². The first kappa shape index (κ1) is 81.6. The fraction of sp³-hybridized carbons (Fsp3) is 0.500. The van der Waals surface area contributed by atoms with Crippen LogP contribution in [0.15, 0.2) is 121 Å². The number of hydrogen-bond acceptors (Lipinski definition) is 19. The number of rotatable bonds is 27. The van der Waals surface area contributed by atoms with Crippen LogP contribution in [0.25, 0.3) is 0 Å². The molecule has 24 heteroatoms. The van der Waals surface area contributed by atoms with Gasteiger partial charge in [-0.1, -0.05) is 91.5 Å². The summed E-state index contributed by atoms with van der Waals surface area (Å²) in [6.07, 6.45) is 0.619. The van der Waals surface area contributed by atoms with Gasteiger partial charge < -0.3 is 64.3 Å². The minimum absolute atomic E-state index is 0. The van der Waals surface area contributed by atoms with Gasteiger partial charge in [0.1, 0.15) is 60.3 Å². The highest BCUT2D eigenvalue weighted by molar-refractivity contribution is 6.03. The number of hydrogen-bond donors (Lipinski definition) is 4. The van der Waals surface area contributed by atoms with E-state index in [1.54, 1.807) is 83.1 Å². The first-order chi connectivity index (χ1) is 42.7. The van der Waals surface area contributed by atoms with Gasteiger partial charge in [-0.15, -0.1) is 12.4 Å². The van der Waals surface area contributed by atoms with Crippen LogP contribution in [0.4, 0.5) is 28.8 Å². The van der Waals surface area contributed by atoms with Gasteiger partial charge in [-0.2, -0.15) is 9.80 Å². The molecule has 0 aliphatic heterocycles. The van der Waals surface area contributed by atoms with Crippen molar-refractivity contribution in [2.75, 3.05) is 53.0 Å². The zero-order chi connectivity index (χ0) is 68.2. The number of ether oxygens (including phenoxy) is 9. The number of halogens is 1.